The third-order valence-corrected chi connectivity index (χ3v) is 5.16. The Balaban J connectivity index is 1.48. The van der Waals surface area contributed by atoms with Crippen molar-refractivity contribution in [2.24, 2.45) is 0 Å². The van der Waals surface area contributed by atoms with Crippen molar-refractivity contribution >= 4 is 21.6 Å². The second-order valence-electron chi connectivity index (χ2n) is 6.64. The largest absolute Gasteiger partial charge is 0.490 e. The van der Waals surface area contributed by atoms with Crippen LogP contribution in [0.15, 0.2) is 59.1 Å². The molecule has 0 unspecified atom stereocenters. The van der Waals surface area contributed by atoms with Crippen molar-refractivity contribution in [3.05, 3.63) is 76.0 Å². The number of halogens is 2. The number of anilines is 1. The topological polar surface area (TPSA) is 49.0 Å². The van der Waals surface area contributed by atoms with E-state index in [9.17, 15) is 4.39 Å². The van der Waals surface area contributed by atoms with E-state index in [1.807, 2.05) is 37.3 Å². The van der Waals surface area contributed by atoms with Crippen LogP contribution in [0.2, 0.25) is 0 Å². The lowest BCUT2D eigenvalue weighted by molar-refractivity contribution is 0.174. The molecule has 0 aliphatic carbocycles. The summed E-state index contributed by atoms with van der Waals surface area (Å²) in [4.78, 5) is 0. The van der Waals surface area contributed by atoms with Crippen molar-refractivity contribution in [2.75, 3.05) is 18.7 Å². The molecule has 1 aliphatic heterocycles. The van der Waals surface area contributed by atoms with Crippen LogP contribution in [0.25, 0.3) is 0 Å². The van der Waals surface area contributed by atoms with E-state index in [2.05, 4.69) is 21.2 Å². The molecule has 1 heterocycles. The summed E-state index contributed by atoms with van der Waals surface area (Å²) in [5.74, 6) is 2.33. The lowest BCUT2D eigenvalue weighted by Gasteiger charge is -2.16. The molecule has 30 heavy (non-hydrogen) atoms. The minimum atomic E-state index is -0.295. The van der Waals surface area contributed by atoms with Crippen molar-refractivity contribution < 1.29 is 23.3 Å². The maximum Gasteiger partial charge on any atom is 0.231 e. The maximum atomic E-state index is 13.9. The van der Waals surface area contributed by atoms with Gasteiger partial charge in [0.15, 0.2) is 23.0 Å². The minimum Gasteiger partial charge on any atom is -0.490 e. The number of fused-ring (bicyclic) bond motifs is 1. The highest BCUT2D eigenvalue weighted by Crippen LogP contribution is 2.38. The van der Waals surface area contributed by atoms with Gasteiger partial charge in [-0.2, -0.15) is 0 Å². The standard InChI is InChI=1S/C23H21BrFNO4/c1-2-27-22-10-15(12-26-17-7-8-20-21(11-17)30-14-29-20)9-18(24)23(22)28-13-16-5-3-4-6-19(16)25/h3-11,26H,2,12-14H2,1H3. The predicted octanol–water partition coefficient (Wildman–Crippen LogP) is 5.91. The Labute approximate surface area is 182 Å². The molecule has 0 atom stereocenters. The number of rotatable bonds is 8. The average Bonchev–Trinajstić information content (AvgIpc) is 3.21. The summed E-state index contributed by atoms with van der Waals surface area (Å²) in [7, 11) is 0. The fraction of sp³-hybridized carbons (Fsp3) is 0.217. The highest BCUT2D eigenvalue weighted by atomic mass is 79.9. The van der Waals surface area contributed by atoms with Crippen LogP contribution in [-0.2, 0) is 13.2 Å². The van der Waals surface area contributed by atoms with E-state index in [0.29, 0.717) is 30.2 Å². The summed E-state index contributed by atoms with van der Waals surface area (Å²) < 4.78 is 37.1. The second-order valence-corrected chi connectivity index (χ2v) is 7.49. The van der Waals surface area contributed by atoms with Gasteiger partial charge < -0.3 is 24.3 Å². The molecule has 3 aromatic rings. The molecule has 0 saturated heterocycles. The van der Waals surface area contributed by atoms with Crippen LogP contribution in [0.3, 0.4) is 0 Å². The second kappa shape index (κ2) is 9.26. The van der Waals surface area contributed by atoms with Crippen LogP contribution in [0, 0.1) is 5.82 Å². The summed E-state index contributed by atoms with van der Waals surface area (Å²) in [6.07, 6.45) is 0. The number of hydrogen-bond acceptors (Lipinski definition) is 5. The molecule has 1 N–H and O–H groups in total. The normalized spacial score (nSPS) is 12.0. The first-order valence-electron chi connectivity index (χ1n) is 9.59. The minimum absolute atomic E-state index is 0.111. The van der Waals surface area contributed by atoms with Crippen LogP contribution in [0.4, 0.5) is 10.1 Å². The first-order chi connectivity index (χ1) is 14.6. The van der Waals surface area contributed by atoms with Crippen molar-refractivity contribution in [3.8, 4) is 23.0 Å². The average molecular weight is 474 g/mol. The molecule has 156 valence electrons. The van der Waals surface area contributed by atoms with Gasteiger partial charge in [-0.25, -0.2) is 4.39 Å². The molecule has 3 aromatic carbocycles. The van der Waals surface area contributed by atoms with Crippen LogP contribution in [-0.4, -0.2) is 13.4 Å². The van der Waals surface area contributed by atoms with Gasteiger partial charge >= 0.3 is 0 Å². The van der Waals surface area contributed by atoms with Gasteiger partial charge in [-0.3, -0.25) is 0 Å². The zero-order chi connectivity index (χ0) is 20.9. The van der Waals surface area contributed by atoms with E-state index in [-0.39, 0.29) is 19.2 Å². The van der Waals surface area contributed by atoms with Gasteiger partial charge in [0, 0.05) is 23.9 Å². The van der Waals surface area contributed by atoms with Crippen LogP contribution in [0.1, 0.15) is 18.1 Å². The van der Waals surface area contributed by atoms with Crippen molar-refractivity contribution in [1.82, 2.24) is 0 Å². The molecular weight excluding hydrogens is 453 g/mol. The van der Waals surface area contributed by atoms with E-state index >= 15 is 0 Å². The summed E-state index contributed by atoms with van der Waals surface area (Å²) in [6.45, 7) is 3.33. The maximum absolute atomic E-state index is 13.9. The molecule has 0 fully saturated rings. The molecule has 7 heteroatoms. The molecule has 0 spiro atoms. The zero-order valence-corrected chi connectivity index (χ0v) is 18.0. The van der Waals surface area contributed by atoms with Crippen molar-refractivity contribution in [2.45, 2.75) is 20.1 Å². The molecule has 0 amide bonds. The number of nitrogens with one attached hydrogen (secondary N) is 1. The van der Waals surface area contributed by atoms with Gasteiger partial charge in [-0.15, -0.1) is 0 Å². The molecule has 0 bridgehead atoms. The van der Waals surface area contributed by atoms with E-state index in [1.54, 1.807) is 18.2 Å². The Bertz CT molecular complexity index is 1040. The Morgan fingerprint density at radius 1 is 1.03 bits per heavy atom. The SMILES string of the molecule is CCOc1cc(CNc2ccc3c(c2)OCO3)cc(Br)c1OCc1ccccc1F. The van der Waals surface area contributed by atoms with E-state index in [0.717, 1.165) is 27.2 Å². The monoisotopic (exact) mass is 473 g/mol. The molecule has 0 aromatic heterocycles. The third-order valence-electron chi connectivity index (χ3n) is 4.57. The fourth-order valence-corrected chi connectivity index (χ4v) is 3.71. The molecule has 0 radical (unpaired) electrons. The zero-order valence-electron chi connectivity index (χ0n) is 16.4. The van der Waals surface area contributed by atoms with Gasteiger partial charge in [-0.05, 0) is 58.7 Å². The highest BCUT2D eigenvalue weighted by Gasteiger charge is 2.15. The fourth-order valence-electron chi connectivity index (χ4n) is 3.10. The predicted molar refractivity (Wildman–Crippen MR) is 116 cm³/mol. The van der Waals surface area contributed by atoms with Gasteiger partial charge in [0.25, 0.3) is 0 Å². The first kappa shape index (κ1) is 20.3. The van der Waals surface area contributed by atoms with Gasteiger partial charge in [0.2, 0.25) is 6.79 Å². The molecule has 0 saturated carbocycles. The Morgan fingerprint density at radius 3 is 2.70 bits per heavy atom. The Kier molecular flexibility index (Phi) is 6.28. The number of benzene rings is 3. The Morgan fingerprint density at radius 2 is 1.87 bits per heavy atom. The lowest BCUT2D eigenvalue weighted by Crippen LogP contribution is -2.04. The summed E-state index contributed by atoms with van der Waals surface area (Å²) >= 11 is 3.56. The summed E-state index contributed by atoms with van der Waals surface area (Å²) in [5.41, 5.74) is 2.41. The number of hydrogen-bond donors (Lipinski definition) is 1. The van der Waals surface area contributed by atoms with Crippen LogP contribution >= 0.6 is 15.9 Å². The van der Waals surface area contributed by atoms with Gasteiger partial charge in [-0.1, -0.05) is 18.2 Å². The Hall–Kier alpha value is -2.93. The summed E-state index contributed by atoms with van der Waals surface area (Å²) in [6, 6.07) is 16.2. The molecule has 5 nitrogen and oxygen atoms in total. The van der Waals surface area contributed by atoms with Gasteiger partial charge in [0.1, 0.15) is 12.4 Å². The van der Waals surface area contributed by atoms with E-state index < -0.39 is 0 Å². The van der Waals surface area contributed by atoms with Crippen molar-refractivity contribution in [1.29, 1.82) is 0 Å². The van der Waals surface area contributed by atoms with Crippen LogP contribution < -0.4 is 24.3 Å². The molecule has 4 rings (SSSR count). The summed E-state index contributed by atoms with van der Waals surface area (Å²) in [5, 5.41) is 3.37. The van der Waals surface area contributed by atoms with E-state index in [1.165, 1.54) is 6.07 Å². The molecule has 1 aliphatic rings. The lowest BCUT2D eigenvalue weighted by atomic mass is 10.2. The van der Waals surface area contributed by atoms with Gasteiger partial charge in [0.05, 0.1) is 11.1 Å². The third kappa shape index (κ3) is 4.62. The highest BCUT2D eigenvalue weighted by molar-refractivity contribution is 9.10. The van der Waals surface area contributed by atoms with E-state index in [4.69, 9.17) is 18.9 Å². The quantitative estimate of drug-likeness (QED) is 0.440. The van der Waals surface area contributed by atoms with Crippen molar-refractivity contribution in [3.63, 3.8) is 0 Å². The molecular formula is C23H21BrFNO4. The van der Waals surface area contributed by atoms with Crippen LogP contribution in [0.5, 0.6) is 23.0 Å². The number of ether oxygens (including phenoxy) is 4. The first-order valence-corrected chi connectivity index (χ1v) is 10.4. The smallest absolute Gasteiger partial charge is 0.231 e.